The molecule has 0 aliphatic rings. The van der Waals surface area contributed by atoms with E-state index in [1.807, 2.05) is 48.5 Å². The van der Waals surface area contributed by atoms with Gasteiger partial charge in [-0.1, -0.05) is 53.8 Å². The highest BCUT2D eigenvalue weighted by molar-refractivity contribution is 7.16. The summed E-state index contributed by atoms with van der Waals surface area (Å²) in [6.07, 6.45) is 1.69. The van der Waals surface area contributed by atoms with Gasteiger partial charge in [-0.3, -0.25) is 10.1 Å². The molecule has 0 aliphatic carbocycles. The van der Waals surface area contributed by atoms with Crippen molar-refractivity contribution in [2.75, 3.05) is 31.7 Å². The summed E-state index contributed by atoms with van der Waals surface area (Å²) in [6.45, 7) is 5.74. The van der Waals surface area contributed by atoms with Gasteiger partial charge in [0.05, 0.1) is 18.8 Å². The fourth-order valence-corrected chi connectivity index (χ4v) is 4.21. The molecule has 1 heterocycles. The molecule has 3 aromatic carbocycles. The van der Waals surface area contributed by atoms with Gasteiger partial charge in [0.2, 0.25) is 5.13 Å². The summed E-state index contributed by atoms with van der Waals surface area (Å²) in [4.78, 5) is 12.4. The van der Waals surface area contributed by atoms with Gasteiger partial charge in [0.1, 0.15) is 30.8 Å². The molecule has 0 aliphatic heterocycles. The average molecular weight is 541 g/mol. The van der Waals surface area contributed by atoms with Crippen molar-refractivity contribution in [2.24, 2.45) is 0 Å². The summed E-state index contributed by atoms with van der Waals surface area (Å²) in [6, 6.07) is 24.4. The van der Waals surface area contributed by atoms with E-state index in [1.54, 1.807) is 30.3 Å². The van der Waals surface area contributed by atoms with E-state index in [0.29, 0.717) is 53.5 Å². The molecule has 9 heteroatoms. The van der Waals surface area contributed by atoms with Gasteiger partial charge < -0.3 is 14.2 Å². The van der Waals surface area contributed by atoms with Crippen LogP contribution in [0.3, 0.4) is 0 Å². The number of aromatic nitrogens is 2. The van der Waals surface area contributed by atoms with Crippen LogP contribution < -0.4 is 14.8 Å². The number of nitrogens with one attached hydrogen (secondary N) is 1. The fourth-order valence-electron chi connectivity index (χ4n) is 3.50. The molecule has 4 aromatic rings. The number of aryl methyl sites for hydroxylation is 2. The third-order valence-corrected chi connectivity index (χ3v) is 6.58. The summed E-state index contributed by atoms with van der Waals surface area (Å²) in [5.74, 6) is 1.15. The van der Waals surface area contributed by atoms with E-state index >= 15 is 0 Å². The molecule has 0 saturated heterocycles. The number of para-hydroxylation sites is 1. The summed E-state index contributed by atoms with van der Waals surface area (Å²) in [5, 5.41) is 21.3. The van der Waals surface area contributed by atoms with Crippen molar-refractivity contribution in [1.82, 2.24) is 10.2 Å². The Hall–Kier alpha value is -4.52. The van der Waals surface area contributed by atoms with Crippen molar-refractivity contribution in [3.05, 3.63) is 100 Å². The second-order valence-corrected chi connectivity index (χ2v) is 9.47. The maximum atomic E-state index is 12.4. The number of nitrogens with zero attached hydrogens (tertiary/aromatic N) is 3. The second kappa shape index (κ2) is 13.9. The molecule has 0 spiro atoms. The van der Waals surface area contributed by atoms with Gasteiger partial charge in [-0.25, -0.2) is 0 Å². The normalized spacial score (nSPS) is 11.1. The molecule has 1 amide bonds. The summed E-state index contributed by atoms with van der Waals surface area (Å²) in [5.41, 5.74) is 3.96. The lowest BCUT2D eigenvalue weighted by Crippen LogP contribution is -2.12. The van der Waals surface area contributed by atoms with Gasteiger partial charge in [-0.05, 0) is 61.4 Å². The minimum Gasteiger partial charge on any atom is -0.491 e. The summed E-state index contributed by atoms with van der Waals surface area (Å²) >= 11 is 1.12. The van der Waals surface area contributed by atoms with Crippen LogP contribution in [0.25, 0.3) is 11.6 Å². The smallest absolute Gasteiger partial charge is 0.257 e. The van der Waals surface area contributed by atoms with E-state index in [4.69, 9.17) is 14.2 Å². The van der Waals surface area contributed by atoms with Gasteiger partial charge in [0.25, 0.3) is 5.91 Å². The largest absolute Gasteiger partial charge is 0.491 e. The molecular formula is C30H28N4O4S. The van der Waals surface area contributed by atoms with Crippen LogP contribution in [0.5, 0.6) is 11.5 Å². The Morgan fingerprint density at radius 3 is 2.44 bits per heavy atom. The standard InChI is InChI=1S/C30H28N4O4S/c1-21-12-13-26(18-22(21)2)37-16-14-36-15-17-38-27-11-7-6-10-24(27)19-25(20-31)29-33-34-30(39-29)32-28(35)23-8-4-3-5-9-23/h3-13,18-19H,14-17H2,1-2H3,(H,32,34,35)/b25-19+. The van der Waals surface area contributed by atoms with Gasteiger partial charge in [-0.15, -0.1) is 10.2 Å². The highest BCUT2D eigenvalue weighted by atomic mass is 32.1. The Labute approximate surface area is 231 Å². The van der Waals surface area contributed by atoms with Crippen LogP contribution in [0.15, 0.2) is 72.8 Å². The molecule has 0 fully saturated rings. The maximum Gasteiger partial charge on any atom is 0.257 e. The predicted molar refractivity (Wildman–Crippen MR) is 152 cm³/mol. The zero-order valence-electron chi connectivity index (χ0n) is 21.7. The third-order valence-electron chi connectivity index (χ3n) is 5.71. The first-order valence-electron chi connectivity index (χ1n) is 12.3. The molecule has 0 radical (unpaired) electrons. The minimum absolute atomic E-state index is 0.293. The number of rotatable bonds is 12. The third kappa shape index (κ3) is 7.98. The Balaban J connectivity index is 1.29. The first-order valence-corrected chi connectivity index (χ1v) is 13.2. The van der Waals surface area contributed by atoms with E-state index < -0.39 is 0 Å². The quantitative estimate of drug-likeness (QED) is 0.175. The van der Waals surface area contributed by atoms with Gasteiger partial charge in [-0.2, -0.15) is 5.26 Å². The van der Waals surface area contributed by atoms with E-state index in [1.165, 1.54) is 11.1 Å². The Kier molecular flexibility index (Phi) is 9.78. The second-order valence-electron chi connectivity index (χ2n) is 8.50. The van der Waals surface area contributed by atoms with Crippen LogP contribution in [0, 0.1) is 25.2 Å². The van der Waals surface area contributed by atoms with Crippen LogP contribution in [0.1, 0.15) is 32.1 Å². The van der Waals surface area contributed by atoms with Crippen molar-refractivity contribution < 1.29 is 19.0 Å². The zero-order chi connectivity index (χ0) is 27.5. The van der Waals surface area contributed by atoms with Crippen LogP contribution in [-0.2, 0) is 4.74 Å². The Morgan fingerprint density at radius 2 is 1.67 bits per heavy atom. The number of hydrogen-bond donors (Lipinski definition) is 1. The molecule has 0 unspecified atom stereocenters. The first-order chi connectivity index (χ1) is 19.0. The molecule has 198 valence electrons. The molecule has 1 N–H and O–H groups in total. The summed E-state index contributed by atoms with van der Waals surface area (Å²) in [7, 11) is 0. The number of ether oxygens (including phenoxy) is 3. The Morgan fingerprint density at radius 1 is 0.923 bits per heavy atom. The molecule has 8 nitrogen and oxygen atoms in total. The molecule has 1 aromatic heterocycles. The maximum absolute atomic E-state index is 12.4. The van der Waals surface area contributed by atoms with Crippen molar-refractivity contribution in [1.29, 1.82) is 5.26 Å². The predicted octanol–water partition coefficient (Wildman–Crippen LogP) is 5.95. The fraction of sp³-hybridized carbons (Fsp3) is 0.200. The highest BCUT2D eigenvalue weighted by Crippen LogP contribution is 2.28. The SMILES string of the molecule is Cc1ccc(OCCOCCOc2ccccc2/C=C(\C#N)c2nnc(NC(=O)c3ccccc3)s2)cc1C. The Bertz CT molecular complexity index is 1480. The average Bonchev–Trinajstić information content (AvgIpc) is 3.42. The van der Waals surface area contributed by atoms with E-state index in [0.717, 1.165) is 22.6 Å². The van der Waals surface area contributed by atoms with Crippen molar-refractivity contribution in [2.45, 2.75) is 13.8 Å². The van der Waals surface area contributed by atoms with Gasteiger partial charge >= 0.3 is 0 Å². The first kappa shape index (κ1) is 27.5. The monoisotopic (exact) mass is 540 g/mol. The molecule has 0 bridgehead atoms. The number of benzene rings is 3. The zero-order valence-corrected chi connectivity index (χ0v) is 22.5. The number of hydrogen-bond acceptors (Lipinski definition) is 8. The number of carbonyl (C=O) groups is 1. The van der Waals surface area contributed by atoms with E-state index in [-0.39, 0.29) is 5.91 Å². The topological polar surface area (TPSA) is 106 Å². The van der Waals surface area contributed by atoms with Crippen molar-refractivity contribution in [3.63, 3.8) is 0 Å². The van der Waals surface area contributed by atoms with Crippen LogP contribution in [-0.4, -0.2) is 42.5 Å². The molecule has 0 atom stereocenters. The molecular weight excluding hydrogens is 512 g/mol. The molecule has 39 heavy (non-hydrogen) atoms. The number of anilines is 1. The highest BCUT2D eigenvalue weighted by Gasteiger charge is 2.13. The molecule has 0 saturated carbocycles. The summed E-state index contributed by atoms with van der Waals surface area (Å²) < 4.78 is 17.3. The van der Waals surface area contributed by atoms with Gasteiger partial charge in [0.15, 0.2) is 5.01 Å². The number of amides is 1. The van der Waals surface area contributed by atoms with E-state index in [2.05, 4.69) is 35.4 Å². The van der Waals surface area contributed by atoms with Crippen molar-refractivity contribution >= 4 is 34.0 Å². The minimum atomic E-state index is -0.293. The number of allylic oxidation sites excluding steroid dienone is 1. The lowest BCUT2D eigenvalue weighted by molar-refractivity contribution is 0.0763. The van der Waals surface area contributed by atoms with Crippen LogP contribution in [0.4, 0.5) is 5.13 Å². The molecule has 4 rings (SSSR count). The lowest BCUT2D eigenvalue weighted by Gasteiger charge is -2.11. The number of carbonyl (C=O) groups excluding carboxylic acids is 1. The number of nitriles is 1. The van der Waals surface area contributed by atoms with E-state index in [9.17, 15) is 10.1 Å². The van der Waals surface area contributed by atoms with Crippen molar-refractivity contribution in [3.8, 4) is 17.6 Å². The van der Waals surface area contributed by atoms with Crippen LogP contribution in [0.2, 0.25) is 0 Å². The lowest BCUT2D eigenvalue weighted by atomic mass is 10.1. The van der Waals surface area contributed by atoms with Crippen LogP contribution >= 0.6 is 11.3 Å². The van der Waals surface area contributed by atoms with Gasteiger partial charge in [0, 0.05) is 11.1 Å².